The fourth-order valence-electron chi connectivity index (χ4n) is 1.44. The average Bonchev–Trinajstić information content (AvgIpc) is 2.27. The van der Waals surface area contributed by atoms with Gasteiger partial charge in [0.15, 0.2) is 0 Å². The first kappa shape index (κ1) is 12.4. The topological polar surface area (TPSA) is 22.1 Å². The minimum atomic E-state index is 0.431. The summed E-state index contributed by atoms with van der Waals surface area (Å²) in [6, 6.07) is 7.60. The Morgan fingerprint density at radius 2 is 1.88 bits per heavy atom. The zero-order chi connectivity index (χ0) is 12.4. The van der Waals surface area contributed by atoms with E-state index in [1.165, 1.54) is 0 Å². The molecule has 88 valence electrons. The molecule has 0 aliphatic rings. The second kappa shape index (κ2) is 5.07. The van der Waals surface area contributed by atoms with Gasteiger partial charge in [0.2, 0.25) is 0 Å². The van der Waals surface area contributed by atoms with Gasteiger partial charge in [-0.15, -0.1) is 0 Å². The molecule has 0 N–H and O–H groups in total. The summed E-state index contributed by atoms with van der Waals surface area (Å²) in [5.41, 5.74) is 2.02. The zero-order valence-corrected chi connectivity index (χ0v) is 11.8. The molecule has 2 nitrogen and oxygen atoms in total. The van der Waals surface area contributed by atoms with E-state index in [1.807, 2.05) is 32.0 Å². The Kier molecular flexibility index (Phi) is 3.69. The summed E-state index contributed by atoms with van der Waals surface area (Å²) in [6.07, 6.45) is 1.70. The predicted molar refractivity (Wildman–Crippen MR) is 72.9 cm³/mol. The minimum absolute atomic E-state index is 0.431. The van der Waals surface area contributed by atoms with Crippen LogP contribution >= 0.6 is 27.5 Å². The van der Waals surface area contributed by atoms with Crippen LogP contribution in [-0.4, -0.2) is 4.98 Å². The summed E-state index contributed by atoms with van der Waals surface area (Å²) >= 11 is 9.27. The van der Waals surface area contributed by atoms with Crippen molar-refractivity contribution in [1.29, 1.82) is 0 Å². The van der Waals surface area contributed by atoms with Gasteiger partial charge >= 0.3 is 0 Å². The summed E-state index contributed by atoms with van der Waals surface area (Å²) in [7, 11) is 0. The van der Waals surface area contributed by atoms with Gasteiger partial charge in [-0.1, -0.05) is 27.5 Å². The highest BCUT2D eigenvalue weighted by Crippen LogP contribution is 2.30. The lowest BCUT2D eigenvalue weighted by molar-refractivity contribution is 0.474. The lowest BCUT2D eigenvalue weighted by atomic mass is 10.2. The van der Waals surface area contributed by atoms with E-state index in [4.69, 9.17) is 16.3 Å². The van der Waals surface area contributed by atoms with Crippen LogP contribution in [-0.2, 0) is 0 Å². The second-order valence-electron chi connectivity index (χ2n) is 3.78. The molecule has 0 amide bonds. The van der Waals surface area contributed by atoms with Crippen molar-refractivity contribution in [3.63, 3.8) is 0 Å². The Morgan fingerprint density at radius 3 is 2.59 bits per heavy atom. The predicted octanol–water partition coefficient (Wildman–Crippen LogP) is 4.91. The number of halogens is 2. The molecular formula is C13H11BrClNO. The third kappa shape index (κ3) is 2.99. The van der Waals surface area contributed by atoms with Crippen LogP contribution in [0.4, 0.5) is 0 Å². The number of nitrogens with zero attached hydrogens (tertiary/aromatic N) is 1. The zero-order valence-electron chi connectivity index (χ0n) is 9.50. The molecule has 0 spiro atoms. The standard InChI is InChI=1S/C13H11BrClNO/c1-8-5-10(14)3-4-11(8)17-12-6-13(15)16-7-9(12)2/h3-7H,1-2H3. The first-order chi connectivity index (χ1) is 8.06. The van der Waals surface area contributed by atoms with Crippen molar-refractivity contribution in [3.8, 4) is 11.5 Å². The number of benzene rings is 1. The van der Waals surface area contributed by atoms with Crippen molar-refractivity contribution >= 4 is 27.5 Å². The molecule has 0 atom stereocenters. The highest BCUT2D eigenvalue weighted by Gasteiger charge is 2.06. The number of ether oxygens (including phenoxy) is 1. The molecule has 0 saturated carbocycles. The normalized spacial score (nSPS) is 10.4. The third-order valence-corrected chi connectivity index (χ3v) is 3.08. The maximum absolute atomic E-state index is 5.85. The van der Waals surface area contributed by atoms with E-state index >= 15 is 0 Å². The Balaban J connectivity index is 2.34. The van der Waals surface area contributed by atoms with Crippen LogP contribution in [0.25, 0.3) is 0 Å². The van der Waals surface area contributed by atoms with Crippen LogP contribution < -0.4 is 4.74 Å². The van der Waals surface area contributed by atoms with Gasteiger partial charge in [0.05, 0.1) is 0 Å². The summed E-state index contributed by atoms with van der Waals surface area (Å²) in [5, 5.41) is 0.431. The van der Waals surface area contributed by atoms with Crippen molar-refractivity contribution < 1.29 is 4.74 Å². The fraction of sp³-hybridized carbons (Fsp3) is 0.154. The van der Waals surface area contributed by atoms with E-state index in [9.17, 15) is 0 Å². The second-order valence-corrected chi connectivity index (χ2v) is 5.09. The van der Waals surface area contributed by atoms with Crippen molar-refractivity contribution in [2.24, 2.45) is 0 Å². The molecule has 1 aromatic heterocycles. The molecule has 0 radical (unpaired) electrons. The van der Waals surface area contributed by atoms with Crippen molar-refractivity contribution in [2.45, 2.75) is 13.8 Å². The SMILES string of the molecule is Cc1cc(Br)ccc1Oc1cc(Cl)ncc1C. The number of hydrogen-bond acceptors (Lipinski definition) is 2. The van der Waals surface area contributed by atoms with Crippen LogP contribution in [0, 0.1) is 13.8 Å². The average molecular weight is 313 g/mol. The minimum Gasteiger partial charge on any atom is -0.457 e. The fourth-order valence-corrected chi connectivity index (χ4v) is 2.06. The maximum atomic E-state index is 5.85. The molecular weight excluding hydrogens is 302 g/mol. The maximum Gasteiger partial charge on any atom is 0.134 e. The van der Waals surface area contributed by atoms with Crippen LogP contribution in [0.3, 0.4) is 0 Å². The summed E-state index contributed by atoms with van der Waals surface area (Å²) < 4.78 is 6.86. The van der Waals surface area contributed by atoms with Gasteiger partial charge in [-0.3, -0.25) is 0 Å². The van der Waals surface area contributed by atoms with Gasteiger partial charge in [-0.25, -0.2) is 4.98 Å². The van der Waals surface area contributed by atoms with Gasteiger partial charge in [-0.05, 0) is 37.6 Å². The molecule has 0 bridgehead atoms. The number of aromatic nitrogens is 1. The number of pyridine rings is 1. The Morgan fingerprint density at radius 1 is 1.12 bits per heavy atom. The summed E-state index contributed by atoms with van der Waals surface area (Å²) in [4.78, 5) is 4.00. The summed E-state index contributed by atoms with van der Waals surface area (Å²) in [6.45, 7) is 3.94. The van der Waals surface area contributed by atoms with Gasteiger partial charge in [-0.2, -0.15) is 0 Å². The van der Waals surface area contributed by atoms with Gasteiger partial charge < -0.3 is 4.74 Å². The molecule has 0 unspecified atom stereocenters. The lowest BCUT2D eigenvalue weighted by Crippen LogP contribution is -1.91. The van der Waals surface area contributed by atoms with E-state index in [1.54, 1.807) is 12.3 Å². The monoisotopic (exact) mass is 311 g/mol. The molecule has 2 aromatic rings. The van der Waals surface area contributed by atoms with Crippen LogP contribution in [0.1, 0.15) is 11.1 Å². The molecule has 0 aliphatic carbocycles. The van der Waals surface area contributed by atoms with Crippen molar-refractivity contribution in [3.05, 3.63) is 51.2 Å². The first-order valence-electron chi connectivity index (χ1n) is 5.12. The highest BCUT2D eigenvalue weighted by atomic mass is 79.9. The summed E-state index contributed by atoms with van der Waals surface area (Å²) in [5.74, 6) is 1.55. The molecule has 0 fully saturated rings. The molecule has 2 rings (SSSR count). The van der Waals surface area contributed by atoms with Gasteiger partial charge in [0.1, 0.15) is 16.7 Å². The highest BCUT2D eigenvalue weighted by molar-refractivity contribution is 9.10. The van der Waals surface area contributed by atoms with Crippen molar-refractivity contribution in [2.75, 3.05) is 0 Å². The Labute approximate surface area is 114 Å². The molecule has 4 heteroatoms. The van der Waals surface area contributed by atoms with E-state index < -0.39 is 0 Å². The smallest absolute Gasteiger partial charge is 0.134 e. The van der Waals surface area contributed by atoms with E-state index in [0.29, 0.717) is 5.15 Å². The molecule has 0 aliphatic heterocycles. The number of rotatable bonds is 2. The van der Waals surface area contributed by atoms with Crippen molar-refractivity contribution in [1.82, 2.24) is 4.98 Å². The Hall–Kier alpha value is -1.06. The van der Waals surface area contributed by atoms with E-state index in [2.05, 4.69) is 20.9 Å². The lowest BCUT2D eigenvalue weighted by Gasteiger charge is -2.11. The molecule has 1 heterocycles. The largest absolute Gasteiger partial charge is 0.457 e. The van der Waals surface area contributed by atoms with Gasteiger partial charge in [0, 0.05) is 22.3 Å². The van der Waals surface area contributed by atoms with Crippen LogP contribution in [0.5, 0.6) is 11.5 Å². The Bertz CT molecular complexity index is 557. The molecule has 1 aromatic carbocycles. The molecule has 17 heavy (non-hydrogen) atoms. The van der Waals surface area contributed by atoms with Gasteiger partial charge in [0.25, 0.3) is 0 Å². The quantitative estimate of drug-likeness (QED) is 0.735. The van der Waals surface area contributed by atoms with Crippen LogP contribution in [0.2, 0.25) is 5.15 Å². The first-order valence-corrected chi connectivity index (χ1v) is 6.29. The van der Waals surface area contributed by atoms with E-state index in [-0.39, 0.29) is 0 Å². The van der Waals surface area contributed by atoms with Crippen LogP contribution in [0.15, 0.2) is 34.9 Å². The number of hydrogen-bond donors (Lipinski definition) is 0. The molecule has 0 saturated heterocycles. The number of aryl methyl sites for hydroxylation is 2. The third-order valence-electron chi connectivity index (χ3n) is 2.38. The van der Waals surface area contributed by atoms with E-state index in [0.717, 1.165) is 27.1 Å².